The smallest absolute Gasteiger partial charge is 0.316 e. The van der Waals surface area contributed by atoms with Gasteiger partial charge in [0.15, 0.2) is 0 Å². The first kappa shape index (κ1) is 16.2. The van der Waals surface area contributed by atoms with Crippen molar-refractivity contribution in [3.63, 3.8) is 0 Å². The van der Waals surface area contributed by atoms with Gasteiger partial charge in [-0.25, -0.2) is 9.97 Å². The van der Waals surface area contributed by atoms with E-state index in [-0.39, 0.29) is 12.0 Å². The molecule has 0 bridgehead atoms. The number of nitrogens with zero attached hydrogens (tertiary/aromatic N) is 4. The largest absolute Gasteiger partial charge is 0.458 e. The molecule has 2 aromatic heterocycles. The number of carbonyl (C=O) groups excluding carboxylic acids is 1. The Kier molecular flexibility index (Phi) is 5.45. The number of hydrogen-bond acceptors (Lipinski definition) is 6. The number of likely N-dealkylation sites (tertiary alicyclic amines) is 1. The summed E-state index contributed by atoms with van der Waals surface area (Å²) in [7, 11) is 0. The van der Waals surface area contributed by atoms with Crippen LogP contribution in [0.1, 0.15) is 6.42 Å². The van der Waals surface area contributed by atoms with Gasteiger partial charge in [-0.15, -0.1) is 11.8 Å². The van der Waals surface area contributed by atoms with Gasteiger partial charge >= 0.3 is 6.01 Å². The van der Waals surface area contributed by atoms with Crippen LogP contribution >= 0.6 is 27.7 Å². The van der Waals surface area contributed by atoms with E-state index in [1.54, 1.807) is 24.8 Å². The van der Waals surface area contributed by atoms with Crippen LogP contribution in [0.3, 0.4) is 0 Å². The molecule has 0 radical (unpaired) electrons. The van der Waals surface area contributed by atoms with Crippen molar-refractivity contribution in [1.29, 1.82) is 0 Å². The van der Waals surface area contributed by atoms with E-state index in [0.717, 1.165) is 15.8 Å². The number of aromatic nitrogens is 3. The summed E-state index contributed by atoms with van der Waals surface area (Å²) in [5, 5.41) is 0. The number of rotatable bonds is 5. The number of thioether (sulfide) groups is 1. The second kappa shape index (κ2) is 7.74. The molecule has 1 aliphatic rings. The Morgan fingerprint density at radius 1 is 1.35 bits per heavy atom. The molecule has 23 heavy (non-hydrogen) atoms. The highest BCUT2D eigenvalue weighted by Gasteiger charge is 2.28. The fraction of sp³-hybridized carbons (Fsp3) is 0.333. The molecule has 3 heterocycles. The maximum absolute atomic E-state index is 12.3. The average molecular weight is 395 g/mol. The summed E-state index contributed by atoms with van der Waals surface area (Å²) in [4.78, 5) is 27.3. The predicted molar refractivity (Wildman–Crippen MR) is 90.3 cm³/mol. The van der Waals surface area contributed by atoms with E-state index >= 15 is 0 Å². The zero-order valence-corrected chi connectivity index (χ0v) is 14.7. The lowest BCUT2D eigenvalue weighted by molar-refractivity contribution is -0.127. The van der Waals surface area contributed by atoms with Gasteiger partial charge in [-0.1, -0.05) is 0 Å². The molecule has 1 amide bonds. The Bertz CT molecular complexity index is 656. The highest BCUT2D eigenvalue weighted by atomic mass is 79.9. The fourth-order valence-electron chi connectivity index (χ4n) is 2.23. The van der Waals surface area contributed by atoms with Gasteiger partial charge in [0, 0.05) is 42.6 Å². The minimum Gasteiger partial charge on any atom is -0.458 e. The van der Waals surface area contributed by atoms with E-state index < -0.39 is 0 Å². The lowest BCUT2D eigenvalue weighted by atomic mass is 10.3. The van der Waals surface area contributed by atoms with E-state index in [4.69, 9.17) is 4.74 Å². The van der Waals surface area contributed by atoms with Gasteiger partial charge in [0.1, 0.15) is 6.10 Å². The van der Waals surface area contributed by atoms with Gasteiger partial charge in [-0.3, -0.25) is 9.78 Å². The van der Waals surface area contributed by atoms with Crippen LogP contribution in [0.4, 0.5) is 0 Å². The number of carbonyl (C=O) groups is 1. The van der Waals surface area contributed by atoms with Crippen LogP contribution in [0.5, 0.6) is 6.01 Å². The summed E-state index contributed by atoms with van der Waals surface area (Å²) in [6.45, 7) is 1.28. The van der Waals surface area contributed by atoms with Crippen molar-refractivity contribution in [2.24, 2.45) is 0 Å². The number of amides is 1. The Morgan fingerprint density at radius 3 is 2.83 bits per heavy atom. The van der Waals surface area contributed by atoms with E-state index in [0.29, 0.717) is 24.9 Å². The predicted octanol–water partition coefficient (Wildman–Crippen LogP) is 2.41. The van der Waals surface area contributed by atoms with Crippen LogP contribution in [0.15, 0.2) is 46.3 Å². The average Bonchev–Trinajstić information content (AvgIpc) is 3.04. The first-order valence-corrected chi connectivity index (χ1v) is 8.93. The monoisotopic (exact) mass is 394 g/mol. The molecule has 3 rings (SSSR count). The first-order chi connectivity index (χ1) is 11.2. The summed E-state index contributed by atoms with van der Waals surface area (Å²) in [5.74, 6) is 0.542. The number of ether oxygens (including phenoxy) is 1. The van der Waals surface area contributed by atoms with Crippen molar-refractivity contribution in [2.75, 3.05) is 18.8 Å². The molecule has 0 aromatic carbocycles. The van der Waals surface area contributed by atoms with Crippen molar-refractivity contribution in [3.8, 4) is 6.01 Å². The molecule has 6 nitrogen and oxygen atoms in total. The van der Waals surface area contributed by atoms with Gasteiger partial charge in [-0.05, 0) is 28.1 Å². The number of hydrogen-bond donors (Lipinski definition) is 0. The first-order valence-electron chi connectivity index (χ1n) is 7.15. The standard InChI is InChI=1S/C15H15BrN4O2S/c16-11-7-18-15(19-8-11)22-12-3-6-20(9-12)14(21)10-23-13-1-4-17-5-2-13/h1-2,4-5,7-8,12H,3,6,9-10H2/t12-/m1/s1. The molecule has 1 fully saturated rings. The molecule has 120 valence electrons. The summed E-state index contributed by atoms with van der Waals surface area (Å²) in [6.07, 6.45) is 7.49. The van der Waals surface area contributed by atoms with Crippen LogP contribution in [0.25, 0.3) is 0 Å². The maximum atomic E-state index is 12.3. The number of halogens is 1. The Labute approximate surface area is 146 Å². The summed E-state index contributed by atoms with van der Waals surface area (Å²) >= 11 is 4.80. The van der Waals surface area contributed by atoms with Crippen LogP contribution in [0.2, 0.25) is 0 Å². The van der Waals surface area contributed by atoms with Gasteiger partial charge in [0.2, 0.25) is 5.91 Å². The third-order valence-electron chi connectivity index (χ3n) is 3.38. The normalized spacial score (nSPS) is 17.3. The van der Waals surface area contributed by atoms with Crippen LogP contribution in [-0.4, -0.2) is 50.7 Å². The minimum atomic E-state index is -0.0500. The maximum Gasteiger partial charge on any atom is 0.316 e. The van der Waals surface area contributed by atoms with Gasteiger partial charge in [-0.2, -0.15) is 0 Å². The highest BCUT2D eigenvalue weighted by Crippen LogP contribution is 2.20. The van der Waals surface area contributed by atoms with Crippen molar-refractivity contribution in [3.05, 3.63) is 41.4 Å². The molecule has 8 heteroatoms. The zero-order valence-electron chi connectivity index (χ0n) is 12.3. The Balaban J connectivity index is 1.47. The third-order valence-corrected chi connectivity index (χ3v) is 4.78. The molecule has 1 aliphatic heterocycles. The molecule has 0 spiro atoms. The van der Waals surface area contributed by atoms with Gasteiger partial charge in [0.25, 0.3) is 0 Å². The third kappa shape index (κ3) is 4.65. The van der Waals surface area contributed by atoms with Crippen LogP contribution < -0.4 is 4.74 Å². The molecular weight excluding hydrogens is 380 g/mol. The Hall–Kier alpha value is -1.67. The van der Waals surface area contributed by atoms with Crippen molar-refractivity contribution < 1.29 is 9.53 Å². The molecule has 1 atom stereocenters. The van der Waals surface area contributed by atoms with Crippen molar-refractivity contribution in [2.45, 2.75) is 17.4 Å². The van der Waals surface area contributed by atoms with Crippen molar-refractivity contribution >= 4 is 33.6 Å². The van der Waals surface area contributed by atoms with E-state index in [1.807, 2.05) is 17.0 Å². The highest BCUT2D eigenvalue weighted by molar-refractivity contribution is 9.10. The Morgan fingerprint density at radius 2 is 2.09 bits per heavy atom. The SMILES string of the molecule is O=C(CSc1ccncc1)N1CC[C@@H](Oc2ncc(Br)cn2)C1. The topological polar surface area (TPSA) is 68.2 Å². The molecule has 0 aliphatic carbocycles. The lowest BCUT2D eigenvalue weighted by Gasteiger charge is -2.16. The second-order valence-corrected chi connectivity index (χ2v) is 6.99. The fourth-order valence-corrected chi connectivity index (χ4v) is 3.22. The zero-order chi connectivity index (χ0) is 16.1. The minimum absolute atomic E-state index is 0.0500. The van der Waals surface area contributed by atoms with E-state index in [9.17, 15) is 4.79 Å². The molecule has 2 aromatic rings. The molecular formula is C15H15BrN4O2S. The quantitative estimate of drug-likeness (QED) is 0.725. The molecule has 0 saturated carbocycles. The summed E-state index contributed by atoms with van der Waals surface area (Å²) in [6, 6.07) is 4.15. The van der Waals surface area contributed by atoms with Crippen LogP contribution in [0, 0.1) is 0 Å². The summed E-state index contributed by atoms with van der Waals surface area (Å²) < 4.78 is 6.53. The number of pyridine rings is 1. The molecule has 0 unspecified atom stereocenters. The van der Waals surface area contributed by atoms with Gasteiger partial charge < -0.3 is 9.64 Å². The van der Waals surface area contributed by atoms with Crippen LogP contribution in [-0.2, 0) is 4.79 Å². The lowest BCUT2D eigenvalue weighted by Crippen LogP contribution is -2.32. The molecule has 0 N–H and O–H groups in total. The summed E-state index contributed by atoms with van der Waals surface area (Å²) in [5.41, 5.74) is 0. The van der Waals surface area contributed by atoms with Crippen molar-refractivity contribution in [1.82, 2.24) is 19.9 Å². The van der Waals surface area contributed by atoms with E-state index in [1.165, 1.54) is 11.8 Å². The van der Waals surface area contributed by atoms with E-state index in [2.05, 4.69) is 30.9 Å². The molecule has 1 saturated heterocycles. The van der Waals surface area contributed by atoms with Gasteiger partial charge in [0.05, 0.1) is 16.8 Å². The second-order valence-electron chi connectivity index (χ2n) is 5.02.